The van der Waals surface area contributed by atoms with Gasteiger partial charge in [0, 0.05) is 23.9 Å². The number of carbonyl (C=O) groups excluding carboxylic acids is 1. The molecule has 0 aromatic heterocycles. The molecule has 0 spiro atoms. The molecule has 0 bridgehead atoms. The lowest BCUT2D eigenvalue weighted by Crippen LogP contribution is -2.40. The topological polar surface area (TPSA) is 29.1 Å². The molecule has 1 aromatic rings. The van der Waals surface area contributed by atoms with Gasteiger partial charge in [0.15, 0.2) is 0 Å². The number of hydrogen-bond acceptors (Lipinski definition) is 1. The van der Waals surface area contributed by atoms with Crippen molar-refractivity contribution >= 4 is 17.5 Å². The van der Waals surface area contributed by atoms with E-state index in [-0.39, 0.29) is 23.3 Å². The first kappa shape index (κ1) is 16.2. The van der Waals surface area contributed by atoms with Crippen molar-refractivity contribution < 1.29 is 13.6 Å². The average molecular weight is 316 g/mol. The van der Waals surface area contributed by atoms with Gasteiger partial charge in [-0.25, -0.2) is 8.78 Å². The van der Waals surface area contributed by atoms with Gasteiger partial charge in [-0.2, -0.15) is 0 Å². The largest absolute Gasteiger partial charge is 0.355 e. The van der Waals surface area contributed by atoms with Crippen molar-refractivity contribution in [3.05, 3.63) is 35.4 Å². The van der Waals surface area contributed by atoms with E-state index in [1.54, 1.807) is 0 Å². The molecule has 1 fully saturated rings. The Morgan fingerprint density at radius 3 is 2.57 bits per heavy atom. The molecule has 1 N–H and O–H groups in total. The molecule has 2 nitrogen and oxygen atoms in total. The third-order valence-corrected chi connectivity index (χ3v) is 4.79. The Hall–Kier alpha value is -1.16. The van der Waals surface area contributed by atoms with Gasteiger partial charge >= 0.3 is 0 Å². The number of benzene rings is 1. The molecular weight excluding hydrogens is 296 g/mol. The van der Waals surface area contributed by atoms with E-state index in [0.29, 0.717) is 12.4 Å². The number of halogens is 3. The number of alkyl halides is 1. The van der Waals surface area contributed by atoms with Gasteiger partial charge in [0.05, 0.1) is 6.42 Å². The van der Waals surface area contributed by atoms with Crippen molar-refractivity contribution in [1.82, 2.24) is 5.32 Å². The second-order valence-electron chi connectivity index (χ2n) is 5.88. The fourth-order valence-electron chi connectivity index (χ4n) is 2.85. The van der Waals surface area contributed by atoms with E-state index in [9.17, 15) is 13.6 Å². The SMILES string of the molecule is O=C(Cc1ccc(F)cc1F)NCC1(CCl)CCCCC1. The van der Waals surface area contributed by atoms with Gasteiger partial charge in [0.2, 0.25) is 5.91 Å². The van der Waals surface area contributed by atoms with Gasteiger partial charge in [-0.3, -0.25) is 4.79 Å². The summed E-state index contributed by atoms with van der Waals surface area (Å²) >= 11 is 6.07. The van der Waals surface area contributed by atoms with E-state index in [1.807, 2.05) is 0 Å². The van der Waals surface area contributed by atoms with Gasteiger partial charge in [0.1, 0.15) is 11.6 Å². The fraction of sp³-hybridized carbons (Fsp3) is 0.562. The third kappa shape index (κ3) is 4.40. The monoisotopic (exact) mass is 315 g/mol. The second kappa shape index (κ2) is 7.21. The van der Waals surface area contributed by atoms with Crippen LogP contribution in [0.2, 0.25) is 0 Å². The van der Waals surface area contributed by atoms with Crippen LogP contribution >= 0.6 is 11.6 Å². The molecule has 1 saturated carbocycles. The van der Waals surface area contributed by atoms with Crippen LogP contribution in [-0.4, -0.2) is 18.3 Å². The third-order valence-electron chi connectivity index (χ3n) is 4.22. The summed E-state index contributed by atoms with van der Waals surface area (Å²) in [6.45, 7) is 0.526. The molecule has 0 aliphatic heterocycles. The minimum Gasteiger partial charge on any atom is -0.355 e. The maximum atomic E-state index is 13.5. The van der Waals surface area contributed by atoms with Crippen LogP contribution in [0.3, 0.4) is 0 Å². The Labute approximate surface area is 128 Å². The zero-order valence-electron chi connectivity index (χ0n) is 11.9. The Kier molecular flexibility index (Phi) is 5.57. The smallest absolute Gasteiger partial charge is 0.224 e. The van der Waals surface area contributed by atoms with Crippen molar-refractivity contribution in [2.75, 3.05) is 12.4 Å². The Morgan fingerprint density at radius 2 is 1.95 bits per heavy atom. The van der Waals surface area contributed by atoms with Crippen molar-refractivity contribution in [1.29, 1.82) is 0 Å². The molecular formula is C16H20ClF2NO. The first-order valence-corrected chi connectivity index (χ1v) is 7.85. The molecule has 0 saturated heterocycles. The lowest BCUT2D eigenvalue weighted by Gasteiger charge is -2.35. The van der Waals surface area contributed by atoms with Crippen LogP contribution in [0.25, 0.3) is 0 Å². The van der Waals surface area contributed by atoms with Gasteiger partial charge < -0.3 is 5.32 Å². The van der Waals surface area contributed by atoms with Crippen LogP contribution in [0, 0.1) is 17.0 Å². The van der Waals surface area contributed by atoms with Crippen LogP contribution in [0.4, 0.5) is 8.78 Å². The maximum Gasteiger partial charge on any atom is 0.224 e. The summed E-state index contributed by atoms with van der Waals surface area (Å²) in [5, 5.41) is 2.85. The zero-order chi connectivity index (χ0) is 15.3. The summed E-state index contributed by atoms with van der Waals surface area (Å²) in [6.07, 6.45) is 5.44. The van der Waals surface area contributed by atoms with Crippen LogP contribution in [0.15, 0.2) is 18.2 Å². The molecule has 0 radical (unpaired) electrons. The molecule has 21 heavy (non-hydrogen) atoms. The Balaban J connectivity index is 1.89. The van der Waals surface area contributed by atoms with Crippen LogP contribution in [0.5, 0.6) is 0 Å². The van der Waals surface area contributed by atoms with Gasteiger partial charge in [0.25, 0.3) is 0 Å². The van der Waals surface area contributed by atoms with E-state index in [1.165, 1.54) is 12.5 Å². The first-order chi connectivity index (χ1) is 10.0. The quantitative estimate of drug-likeness (QED) is 0.822. The Morgan fingerprint density at radius 1 is 1.24 bits per heavy atom. The maximum absolute atomic E-state index is 13.5. The number of carbonyl (C=O) groups is 1. The molecule has 1 aliphatic carbocycles. The van der Waals surface area contributed by atoms with Crippen molar-refractivity contribution in [3.63, 3.8) is 0 Å². The normalized spacial score (nSPS) is 17.5. The number of hydrogen-bond donors (Lipinski definition) is 1. The van der Waals surface area contributed by atoms with Crippen LogP contribution in [0.1, 0.15) is 37.7 Å². The number of nitrogens with one attached hydrogen (secondary N) is 1. The highest BCUT2D eigenvalue weighted by molar-refractivity contribution is 6.18. The fourth-order valence-corrected chi connectivity index (χ4v) is 3.21. The van der Waals surface area contributed by atoms with Gasteiger partial charge in [-0.15, -0.1) is 11.6 Å². The molecule has 1 amide bonds. The molecule has 5 heteroatoms. The zero-order valence-corrected chi connectivity index (χ0v) is 12.7. The van der Waals surface area contributed by atoms with E-state index in [2.05, 4.69) is 5.32 Å². The standard InChI is InChI=1S/C16H20ClF2NO/c17-10-16(6-2-1-3-7-16)11-20-15(21)8-12-4-5-13(18)9-14(12)19/h4-5,9H,1-3,6-8,10-11H2,(H,20,21). The minimum atomic E-state index is -0.685. The summed E-state index contributed by atoms with van der Waals surface area (Å²) in [4.78, 5) is 11.9. The van der Waals surface area contributed by atoms with Crippen molar-refractivity contribution in [2.45, 2.75) is 38.5 Å². The summed E-state index contributed by atoms with van der Waals surface area (Å²) in [5.41, 5.74) is 0.175. The highest BCUT2D eigenvalue weighted by Gasteiger charge is 2.31. The first-order valence-electron chi connectivity index (χ1n) is 7.31. The van der Waals surface area contributed by atoms with E-state index in [0.717, 1.165) is 37.8 Å². The summed E-state index contributed by atoms with van der Waals surface area (Å²) < 4.78 is 26.3. The molecule has 1 aromatic carbocycles. The second-order valence-corrected chi connectivity index (χ2v) is 6.15. The van der Waals surface area contributed by atoms with E-state index in [4.69, 9.17) is 11.6 Å². The summed E-state index contributed by atoms with van der Waals surface area (Å²) in [6, 6.07) is 3.26. The minimum absolute atomic E-state index is 0.0309. The van der Waals surface area contributed by atoms with Crippen molar-refractivity contribution in [3.8, 4) is 0 Å². The molecule has 2 rings (SSSR count). The predicted octanol–water partition coefficient (Wildman–Crippen LogP) is 3.81. The van der Waals surface area contributed by atoms with E-state index >= 15 is 0 Å². The lowest BCUT2D eigenvalue weighted by molar-refractivity contribution is -0.121. The highest BCUT2D eigenvalue weighted by atomic mass is 35.5. The number of rotatable bonds is 5. The van der Waals surface area contributed by atoms with Crippen LogP contribution in [-0.2, 0) is 11.2 Å². The molecule has 116 valence electrons. The van der Waals surface area contributed by atoms with Crippen molar-refractivity contribution in [2.24, 2.45) is 5.41 Å². The molecule has 1 aliphatic rings. The van der Waals surface area contributed by atoms with Gasteiger partial charge in [-0.1, -0.05) is 25.3 Å². The molecule has 0 atom stereocenters. The van der Waals surface area contributed by atoms with Crippen LogP contribution < -0.4 is 5.32 Å². The summed E-state index contributed by atoms with van der Waals surface area (Å²) in [5.74, 6) is -1.05. The highest BCUT2D eigenvalue weighted by Crippen LogP contribution is 2.36. The average Bonchev–Trinajstić information content (AvgIpc) is 2.49. The Bertz CT molecular complexity index is 501. The predicted molar refractivity (Wildman–Crippen MR) is 79.3 cm³/mol. The van der Waals surface area contributed by atoms with E-state index < -0.39 is 11.6 Å². The lowest BCUT2D eigenvalue weighted by atomic mass is 9.75. The summed E-state index contributed by atoms with van der Waals surface area (Å²) in [7, 11) is 0. The van der Waals surface area contributed by atoms with Gasteiger partial charge in [-0.05, 0) is 24.5 Å². The molecule has 0 heterocycles. The molecule has 0 unspecified atom stereocenters. The number of amides is 1.